The van der Waals surface area contributed by atoms with Crippen LogP contribution in [0.25, 0.3) is 21.3 Å². The lowest BCUT2D eigenvalue weighted by molar-refractivity contribution is -0.113. The maximum atomic E-state index is 12.6. The lowest BCUT2D eigenvalue weighted by Crippen LogP contribution is -2.15. The molecule has 0 aliphatic rings. The number of benzene rings is 2. The van der Waals surface area contributed by atoms with Gasteiger partial charge in [-0.2, -0.15) is 0 Å². The zero-order valence-electron chi connectivity index (χ0n) is 16.2. The molecule has 1 amide bonds. The minimum absolute atomic E-state index is 0.135. The first-order valence-corrected chi connectivity index (χ1v) is 11.7. The molecule has 30 heavy (non-hydrogen) atoms. The normalized spacial score (nSPS) is 11.1. The molecule has 2 heterocycles. The summed E-state index contributed by atoms with van der Waals surface area (Å²) in [6, 6.07) is 11.5. The van der Waals surface area contributed by atoms with Crippen LogP contribution in [0.1, 0.15) is 11.1 Å². The summed E-state index contributed by atoms with van der Waals surface area (Å²) in [6.45, 7) is 3.90. The van der Waals surface area contributed by atoms with E-state index in [4.69, 9.17) is 23.2 Å². The number of anilines is 1. The van der Waals surface area contributed by atoms with Gasteiger partial charge in [-0.3, -0.25) is 4.79 Å². The van der Waals surface area contributed by atoms with E-state index < -0.39 is 0 Å². The summed E-state index contributed by atoms with van der Waals surface area (Å²) >= 11 is 15.3. The van der Waals surface area contributed by atoms with Crippen molar-refractivity contribution in [2.45, 2.75) is 18.9 Å². The predicted octanol–water partition coefficient (Wildman–Crippen LogP) is 7.01. The summed E-state index contributed by atoms with van der Waals surface area (Å²) in [6.07, 6.45) is 1.53. The summed E-state index contributed by atoms with van der Waals surface area (Å²) < 4.78 is 0. The number of hydrogen-bond acceptors (Lipinski definition) is 5. The number of thioether (sulfide) groups is 1. The largest absolute Gasteiger partial charge is 0.324 e. The van der Waals surface area contributed by atoms with Gasteiger partial charge in [0.05, 0.1) is 21.8 Å². The second-order valence-corrected chi connectivity index (χ2v) is 9.46. The van der Waals surface area contributed by atoms with Gasteiger partial charge in [0.25, 0.3) is 0 Å². The van der Waals surface area contributed by atoms with Crippen molar-refractivity contribution >= 4 is 68.1 Å². The molecule has 0 atom stereocenters. The van der Waals surface area contributed by atoms with E-state index in [-0.39, 0.29) is 11.7 Å². The van der Waals surface area contributed by atoms with Crippen molar-refractivity contribution in [2.75, 3.05) is 11.1 Å². The van der Waals surface area contributed by atoms with Gasteiger partial charge in [0, 0.05) is 16.0 Å². The van der Waals surface area contributed by atoms with Gasteiger partial charge in [-0.25, -0.2) is 9.97 Å². The molecule has 0 aliphatic heterocycles. The van der Waals surface area contributed by atoms with Crippen molar-refractivity contribution in [1.82, 2.24) is 9.97 Å². The second-order valence-electron chi connectivity index (χ2n) is 6.79. The first-order valence-electron chi connectivity index (χ1n) is 9.10. The highest BCUT2D eigenvalue weighted by atomic mass is 35.5. The van der Waals surface area contributed by atoms with Crippen LogP contribution in [0.5, 0.6) is 0 Å². The average molecular weight is 474 g/mol. The van der Waals surface area contributed by atoms with Crippen molar-refractivity contribution < 1.29 is 4.79 Å². The highest BCUT2D eigenvalue weighted by molar-refractivity contribution is 8.00. The van der Waals surface area contributed by atoms with Crippen molar-refractivity contribution in [3.8, 4) is 11.1 Å². The second kappa shape index (κ2) is 8.94. The number of aryl methyl sites for hydroxylation is 2. The molecule has 1 N–H and O–H groups in total. The number of fused-ring (bicyclic) bond motifs is 1. The van der Waals surface area contributed by atoms with Crippen molar-refractivity contribution in [3.63, 3.8) is 0 Å². The molecule has 0 aliphatic carbocycles. The van der Waals surface area contributed by atoms with Gasteiger partial charge in [-0.1, -0.05) is 53.2 Å². The fourth-order valence-electron chi connectivity index (χ4n) is 3.18. The number of rotatable bonds is 5. The number of carbonyl (C=O) groups excluding carboxylic acids is 1. The number of nitrogens with zero attached hydrogens (tertiary/aromatic N) is 2. The standard InChI is InChI=1S/C22H17Cl2N3OS2/c1-12-7-13(2)20(17(24)8-12)27-18(28)10-30-22-19-16(9-29-21(19)25-11-26-22)14-3-5-15(23)6-4-14/h3-9,11H,10H2,1-2H3,(H,27,28). The van der Waals surface area contributed by atoms with E-state index in [1.807, 2.05) is 50.2 Å². The van der Waals surface area contributed by atoms with Crippen LogP contribution in [-0.4, -0.2) is 21.6 Å². The minimum atomic E-state index is -0.135. The molecule has 152 valence electrons. The molecule has 0 bridgehead atoms. The Bertz CT molecular complexity index is 1220. The van der Waals surface area contributed by atoms with E-state index in [0.29, 0.717) is 15.7 Å². The van der Waals surface area contributed by atoms with Crippen LogP contribution in [-0.2, 0) is 4.79 Å². The highest BCUT2D eigenvalue weighted by Gasteiger charge is 2.16. The van der Waals surface area contributed by atoms with Crippen molar-refractivity contribution in [2.24, 2.45) is 0 Å². The van der Waals surface area contributed by atoms with Gasteiger partial charge in [0.1, 0.15) is 16.2 Å². The number of halogens is 2. The Morgan fingerprint density at radius 1 is 1.13 bits per heavy atom. The Morgan fingerprint density at radius 3 is 2.63 bits per heavy atom. The summed E-state index contributed by atoms with van der Waals surface area (Å²) in [4.78, 5) is 22.3. The van der Waals surface area contributed by atoms with E-state index >= 15 is 0 Å². The number of nitrogens with one attached hydrogen (secondary N) is 1. The molecule has 2 aromatic heterocycles. The molecule has 0 unspecified atom stereocenters. The SMILES string of the molecule is Cc1cc(C)c(NC(=O)CSc2ncnc3scc(-c4ccc(Cl)cc4)c23)c(Cl)c1. The minimum Gasteiger partial charge on any atom is -0.324 e. The lowest BCUT2D eigenvalue weighted by Gasteiger charge is -2.11. The van der Waals surface area contributed by atoms with E-state index in [0.717, 1.165) is 37.5 Å². The molecule has 4 nitrogen and oxygen atoms in total. The summed E-state index contributed by atoms with van der Waals surface area (Å²) in [7, 11) is 0. The number of carbonyl (C=O) groups is 1. The third-order valence-electron chi connectivity index (χ3n) is 4.53. The molecule has 0 spiro atoms. The Kier molecular flexibility index (Phi) is 6.29. The molecule has 0 radical (unpaired) electrons. The lowest BCUT2D eigenvalue weighted by atomic mass is 10.1. The molecule has 0 saturated heterocycles. The van der Waals surface area contributed by atoms with Gasteiger partial charge in [0.15, 0.2) is 0 Å². The molecular formula is C22H17Cl2N3OS2. The Morgan fingerprint density at radius 2 is 1.90 bits per heavy atom. The van der Waals surface area contributed by atoms with Crippen molar-refractivity contribution in [1.29, 1.82) is 0 Å². The van der Waals surface area contributed by atoms with Crippen LogP contribution in [0.3, 0.4) is 0 Å². The van der Waals surface area contributed by atoms with Crippen LogP contribution in [0.15, 0.2) is 53.1 Å². The maximum absolute atomic E-state index is 12.6. The summed E-state index contributed by atoms with van der Waals surface area (Å²) in [5.74, 6) is 0.0787. The Hall–Kier alpha value is -2.12. The fraction of sp³-hybridized carbons (Fsp3) is 0.136. The van der Waals surface area contributed by atoms with E-state index in [1.54, 1.807) is 11.3 Å². The third kappa shape index (κ3) is 4.47. The van der Waals surface area contributed by atoms with Gasteiger partial charge < -0.3 is 5.32 Å². The van der Waals surface area contributed by atoms with E-state index in [2.05, 4.69) is 20.7 Å². The van der Waals surface area contributed by atoms with Crippen LogP contribution in [0, 0.1) is 13.8 Å². The average Bonchev–Trinajstić information content (AvgIpc) is 3.14. The number of amides is 1. The highest BCUT2D eigenvalue weighted by Crippen LogP contribution is 2.38. The molecular weight excluding hydrogens is 457 g/mol. The fourth-order valence-corrected chi connectivity index (χ4v) is 5.47. The number of thiophene rings is 1. The smallest absolute Gasteiger partial charge is 0.234 e. The topological polar surface area (TPSA) is 54.9 Å². The van der Waals surface area contributed by atoms with Crippen LogP contribution in [0.2, 0.25) is 10.0 Å². The van der Waals surface area contributed by atoms with Gasteiger partial charge in [-0.15, -0.1) is 11.3 Å². The zero-order chi connectivity index (χ0) is 21.3. The monoisotopic (exact) mass is 473 g/mol. The van der Waals surface area contributed by atoms with Crippen molar-refractivity contribution in [3.05, 3.63) is 69.3 Å². The number of hydrogen-bond donors (Lipinski definition) is 1. The maximum Gasteiger partial charge on any atom is 0.234 e. The molecule has 8 heteroatoms. The van der Waals surface area contributed by atoms with Crippen LogP contribution in [0.4, 0.5) is 5.69 Å². The Balaban J connectivity index is 1.57. The predicted molar refractivity (Wildman–Crippen MR) is 128 cm³/mol. The number of aromatic nitrogens is 2. The quantitative estimate of drug-likeness (QED) is 0.250. The molecule has 2 aromatic carbocycles. The van der Waals surface area contributed by atoms with Crippen LogP contribution >= 0.6 is 46.3 Å². The molecule has 4 aromatic rings. The summed E-state index contributed by atoms with van der Waals surface area (Å²) in [5.41, 5.74) is 4.71. The van der Waals surface area contributed by atoms with Gasteiger partial charge in [0.2, 0.25) is 5.91 Å². The first kappa shape index (κ1) is 21.1. The molecule has 0 saturated carbocycles. The first-order chi connectivity index (χ1) is 14.4. The van der Waals surface area contributed by atoms with Gasteiger partial charge in [-0.05, 0) is 48.7 Å². The summed E-state index contributed by atoms with van der Waals surface area (Å²) in [5, 5.41) is 7.93. The van der Waals surface area contributed by atoms with E-state index in [1.165, 1.54) is 18.1 Å². The van der Waals surface area contributed by atoms with E-state index in [9.17, 15) is 4.79 Å². The molecule has 0 fully saturated rings. The zero-order valence-corrected chi connectivity index (χ0v) is 19.3. The third-order valence-corrected chi connectivity index (χ3v) is 6.95. The van der Waals surface area contributed by atoms with Gasteiger partial charge >= 0.3 is 0 Å². The van der Waals surface area contributed by atoms with Crippen LogP contribution < -0.4 is 5.32 Å². The molecule has 4 rings (SSSR count). The Labute approximate surface area is 192 Å².